The van der Waals surface area contributed by atoms with Crippen molar-refractivity contribution in [3.8, 4) is 16.9 Å². The van der Waals surface area contributed by atoms with Gasteiger partial charge < -0.3 is 40.3 Å². The number of phenols is 1. The van der Waals surface area contributed by atoms with Crippen LogP contribution in [0.1, 0.15) is 36.1 Å². The highest BCUT2D eigenvalue weighted by atomic mass is 32.2. The first-order chi connectivity index (χ1) is 24.3. The average Bonchev–Trinajstić information content (AvgIpc) is 3.11. The predicted octanol–water partition coefficient (Wildman–Crippen LogP) is 3.17. The molecule has 8 atom stereocenters. The second kappa shape index (κ2) is 14.8. The lowest BCUT2D eigenvalue weighted by Crippen LogP contribution is -2.60. The minimum absolute atomic E-state index is 0.0596. The lowest BCUT2D eigenvalue weighted by atomic mass is 9.78. The summed E-state index contributed by atoms with van der Waals surface area (Å²) < 4.78 is 61.8. The lowest BCUT2D eigenvalue weighted by Gasteiger charge is -2.48. The number of benzene rings is 4. The van der Waals surface area contributed by atoms with Gasteiger partial charge in [0.15, 0.2) is 9.84 Å². The number of ether oxygens (including phenoxy) is 1. The summed E-state index contributed by atoms with van der Waals surface area (Å²) >= 11 is 0. The number of phenolic OH excluding ortho intramolecular Hbond substituents is 1. The van der Waals surface area contributed by atoms with Crippen LogP contribution in [0.5, 0.6) is 5.75 Å². The Kier molecular flexibility index (Phi) is 10.6. The van der Waals surface area contributed by atoms with Gasteiger partial charge in [0.1, 0.15) is 47.9 Å². The van der Waals surface area contributed by atoms with Gasteiger partial charge in [-0.3, -0.25) is 4.79 Å². The number of carbonyl (C=O) groups is 1. The molecule has 8 unspecified atom stereocenters. The van der Waals surface area contributed by atoms with Gasteiger partial charge in [-0.15, -0.1) is 0 Å². The van der Waals surface area contributed by atoms with Crippen molar-refractivity contribution in [3.05, 3.63) is 114 Å². The molecule has 1 amide bonds. The lowest BCUT2D eigenvalue weighted by molar-refractivity contribution is -0.223. The van der Waals surface area contributed by atoms with E-state index in [9.17, 15) is 52.6 Å². The van der Waals surface area contributed by atoms with Crippen molar-refractivity contribution in [1.82, 2.24) is 0 Å². The van der Waals surface area contributed by atoms with E-state index < -0.39 is 88.3 Å². The summed E-state index contributed by atoms with van der Waals surface area (Å²) in [7, 11) is -4.49. The fraction of sp³-hybridized carbons (Fsp3) is 0.324. The van der Waals surface area contributed by atoms with Gasteiger partial charge >= 0.3 is 0 Å². The maximum atomic E-state index is 14.4. The van der Waals surface area contributed by atoms with E-state index in [4.69, 9.17) is 4.74 Å². The second-order valence-corrected chi connectivity index (χ2v) is 14.8. The summed E-state index contributed by atoms with van der Waals surface area (Å²) in [5.41, 5.74) is 1.72. The minimum atomic E-state index is -4.49. The number of aromatic hydroxyl groups is 1. The summed E-state index contributed by atoms with van der Waals surface area (Å²) in [4.78, 5) is 14.9. The van der Waals surface area contributed by atoms with Gasteiger partial charge in [-0.05, 0) is 89.7 Å². The molecular formula is C37H37F2NO10S. The smallest absolute Gasteiger partial charge is 0.233 e. The number of carbonyl (C=O) groups excluding carboxylic acids is 1. The van der Waals surface area contributed by atoms with Crippen LogP contribution < -0.4 is 4.90 Å². The van der Waals surface area contributed by atoms with Crippen molar-refractivity contribution in [2.45, 2.75) is 60.4 Å². The third-order valence-corrected chi connectivity index (χ3v) is 11.3. The first-order valence-electron chi connectivity index (χ1n) is 16.3. The van der Waals surface area contributed by atoms with E-state index in [0.29, 0.717) is 16.7 Å². The third-order valence-electron chi connectivity index (χ3n) is 9.55. The summed E-state index contributed by atoms with van der Waals surface area (Å²) in [6.07, 6.45) is -9.20. The SMILES string of the molecule is O=C1C(CCC(O)c2ccc(F)cc2)C(c2ccc(-c3cccc(O)c3)cc2S(=O)(=O)CC2OC(CO)C(O)C(O)C2O)N1c1ccc(F)cc1. The molecule has 0 spiro atoms. The summed E-state index contributed by atoms with van der Waals surface area (Å²) in [6.45, 7) is -0.762. The predicted molar refractivity (Wildman–Crippen MR) is 180 cm³/mol. The number of nitrogens with zero attached hydrogens (tertiary/aromatic N) is 1. The minimum Gasteiger partial charge on any atom is -0.508 e. The van der Waals surface area contributed by atoms with Gasteiger partial charge in [0.05, 0.1) is 35.3 Å². The largest absolute Gasteiger partial charge is 0.508 e. The Labute approximate surface area is 292 Å². The first-order valence-corrected chi connectivity index (χ1v) is 17.9. The van der Waals surface area contributed by atoms with E-state index in [-0.39, 0.29) is 34.7 Å². The number of rotatable bonds is 11. The van der Waals surface area contributed by atoms with E-state index in [2.05, 4.69) is 0 Å². The first kappa shape index (κ1) is 36.5. The van der Waals surface area contributed by atoms with Gasteiger partial charge in [0, 0.05) is 5.69 Å². The number of amides is 1. The molecule has 4 aromatic carbocycles. The zero-order chi connectivity index (χ0) is 36.6. The highest BCUT2D eigenvalue weighted by Gasteiger charge is 2.51. The standard InChI is InChI=1S/C37H37F2NO10S/c38-23-7-4-20(5-8-23)29(43)15-14-28-33(40(37(28)47)25-11-9-24(39)10-12-25)27-13-6-22(21-2-1-3-26(42)16-21)17-32(27)51(48,49)19-31-35(45)36(46)34(44)30(18-41)50-31/h1-13,16-17,28-31,33-36,41-46H,14-15,18-19H2. The molecule has 0 aromatic heterocycles. The number of β-lactam (4-membered cyclic amide) rings is 1. The number of hydrogen-bond acceptors (Lipinski definition) is 10. The molecule has 4 aromatic rings. The third kappa shape index (κ3) is 7.39. The fourth-order valence-corrected chi connectivity index (χ4v) is 8.54. The molecule has 0 aliphatic carbocycles. The van der Waals surface area contributed by atoms with Crippen molar-refractivity contribution < 1.29 is 57.4 Å². The maximum absolute atomic E-state index is 14.4. The molecule has 51 heavy (non-hydrogen) atoms. The van der Waals surface area contributed by atoms with E-state index in [1.165, 1.54) is 65.6 Å². The Morgan fingerprint density at radius 1 is 0.804 bits per heavy atom. The number of anilines is 1. The van der Waals surface area contributed by atoms with Gasteiger partial charge in [-0.1, -0.05) is 36.4 Å². The van der Waals surface area contributed by atoms with Gasteiger partial charge in [-0.25, -0.2) is 17.2 Å². The molecule has 2 saturated heterocycles. The summed E-state index contributed by atoms with van der Waals surface area (Å²) in [5.74, 6) is -3.28. The zero-order valence-corrected chi connectivity index (χ0v) is 27.9. The van der Waals surface area contributed by atoms with Crippen LogP contribution in [0.2, 0.25) is 0 Å². The molecule has 11 nitrogen and oxygen atoms in total. The molecule has 2 heterocycles. The van der Waals surface area contributed by atoms with Crippen LogP contribution in [0.15, 0.2) is 95.9 Å². The highest BCUT2D eigenvalue weighted by molar-refractivity contribution is 7.91. The molecule has 6 rings (SSSR count). The van der Waals surface area contributed by atoms with Gasteiger partial charge in [0.2, 0.25) is 5.91 Å². The summed E-state index contributed by atoms with van der Waals surface area (Å²) in [5, 5.41) is 62.1. The summed E-state index contributed by atoms with van der Waals surface area (Å²) in [6, 6.07) is 20.0. The number of aliphatic hydroxyl groups excluding tert-OH is 5. The van der Waals surface area contributed by atoms with Crippen molar-refractivity contribution in [2.75, 3.05) is 17.3 Å². The quantitative estimate of drug-likeness (QED) is 0.126. The van der Waals surface area contributed by atoms with E-state index in [0.717, 1.165) is 12.1 Å². The van der Waals surface area contributed by atoms with Crippen molar-refractivity contribution >= 4 is 21.4 Å². The van der Waals surface area contributed by atoms with Crippen molar-refractivity contribution in [2.24, 2.45) is 5.92 Å². The Morgan fingerprint density at radius 2 is 1.43 bits per heavy atom. The average molecular weight is 726 g/mol. The van der Waals surface area contributed by atoms with E-state index >= 15 is 0 Å². The number of halogens is 2. The molecule has 14 heteroatoms. The molecule has 0 radical (unpaired) electrons. The molecule has 0 saturated carbocycles. The number of aliphatic hydroxyl groups is 5. The van der Waals surface area contributed by atoms with Gasteiger partial charge in [-0.2, -0.15) is 0 Å². The highest BCUT2D eigenvalue weighted by Crippen LogP contribution is 2.49. The van der Waals surface area contributed by atoms with Crippen LogP contribution in [0, 0.1) is 17.6 Å². The Morgan fingerprint density at radius 3 is 2.08 bits per heavy atom. The molecule has 6 N–H and O–H groups in total. The molecule has 2 aliphatic rings. The zero-order valence-electron chi connectivity index (χ0n) is 27.0. The fourth-order valence-electron chi connectivity index (χ4n) is 6.80. The van der Waals surface area contributed by atoms with Crippen LogP contribution in [-0.2, 0) is 19.4 Å². The van der Waals surface area contributed by atoms with Crippen LogP contribution in [0.25, 0.3) is 11.1 Å². The van der Waals surface area contributed by atoms with Gasteiger partial charge in [0.25, 0.3) is 0 Å². The molecule has 270 valence electrons. The normalized spacial score (nSPS) is 25.7. The molecule has 0 bridgehead atoms. The van der Waals surface area contributed by atoms with E-state index in [1.54, 1.807) is 18.2 Å². The molecule has 2 aliphatic heterocycles. The van der Waals surface area contributed by atoms with Crippen molar-refractivity contribution in [1.29, 1.82) is 0 Å². The van der Waals surface area contributed by atoms with Crippen LogP contribution in [0.3, 0.4) is 0 Å². The molecule has 2 fully saturated rings. The second-order valence-electron chi connectivity index (χ2n) is 12.8. The Bertz CT molecular complexity index is 1980. The monoisotopic (exact) mass is 725 g/mol. The molecular weight excluding hydrogens is 688 g/mol. The van der Waals surface area contributed by atoms with Crippen molar-refractivity contribution in [3.63, 3.8) is 0 Å². The Hall–Kier alpha value is -4.28. The Balaban J connectivity index is 1.43. The van der Waals surface area contributed by atoms with Crippen LogP contribution in [0.4, 0.5) is 14.5 Å². The van der Waals surface area contributed by atoms with E-state index in [1.807, 2.05) is 0 Å². The maximum Gasteiger partial charge on any atom is 0.233 e. The number of sulfone groups is 1. The van der Waals surface area contributed by atoms with Crippen LogP contribution >= 0.6 is 0 Å². The number of hydrogen-bond donors (Lipinski definition) is 6. The van der Waals surface area contributed by atoms with Crippen LogP contribution in [-0.4, -0.2) is 87.8 Å². The topological polar surface area (TPSA) is 185 Å².